The van der Waals surface area contributed by atoms with Gasteiger partial charge >= 0.3 is 0 Å². The first kappa shape index (κ1) is 13.3. The summed E-state index contributed by atoms with van der Waals surface area (Å²) in [6, 6.07) is 0.286. The molecule has 2 unspecified atom stereocenters. The van der Waals surface area contributed by atoms with Crippen LogP contribution in [0.5, 0.6) is 0 Å². The zero-order chi connectivity index (χ0) is 11.3. The van der Waals surface area contributed by atoms with Crippen LogP contribution in [0.2, 0.25) is 0 Å². The molecule has 4 heteroatoms. The minimum absolute atomic E-state index is 0.187. The minimum atomic E-state index is -0.493. The lowest BCUT2D eigenvalue weighted by atomic mass is 9.96. The van der Waals surface area contributed by atoms with Crippen LogP contribution in [0.1, 0.15) is 26.7 Å². The Hall–Kier alpha value is 0.230. The van der Waals surface area contributed by atoms with Crippen molar-refractivity contribution in [3.05, 3.63) is 0 Å². The second kappa shape index (κ2) is 6.09. The highest BCUT2D eigenvalue weighted by atomic mass is 32.2. The van der Waals surface area contributed by atoms with Crippen LogP contribution in [0.3, 0.4) is 0 Å². The van der Waals surface area contributed by atoms with Gasteiger partial charge in [-0.05, 0) is 38.2 Å². The van der Waals surface area contributed by atoms with Crippen LogP contribution in [0.15, 0.2) is 0 Å². The number of aliphatic hydroxyl groups is 1. The van der Waals surface area contributed by atoms with Gasteiger partial charge in [-0.3, -0.25) is 0 Å². The van der Waals surface area contributed by atoms with E-state index in [-0.39, 0.29) is 12.1 Å². The summed E-state index contributed by atoms with van der Waals surface area (Å²) in [5, 5.41) is 13.6. The van der Waals surface area contributed by atoms with Gasteiger partial charge in [0.05, 0.1) is 11.7 Å². The summed E-state index contributed by atoms with van der Waals surface area (Å²) >= 11 is 1.93. The van der Waals surface area contributed by atoms with Gasteiger partial charge in [-0.2, -0.15) is 11.8 Å². The molecule has 1 rings (SSSR count). The summed E-state index contributed by atoms with van der Waals surface area (Å²) in [6.45, 7) is 4.82. The second-order valence-electron chi connectivity index (χ2n) is 4.45. The fraction of sp³-hybridized carbons (Fsp3) is 1.00. The largest absolute Gasteiger partial charge is 0.389 e. The highest BCUT2D eigenvalue weighted by Gasteiger charge is 2.29. The van der Waals surface area contributed by atoms with Gasteiger partial charge in [-0.1, -0.05) is 0 Å². The molecule has 90 valence electrons. The third-order valence-corrected chi connectivity index (χ3v) is 4.24. The van der Waals surface area contributed by atoms with Gasteiger partial charge in [0.15, 0.2) is 0 Å². The van der Waals surface area contributed by atoms with Crippen LogP contribution in [-0.2, 0) is 4.74 Å². The van der Waals surface area contributed by atoms with Crippen molar-refractivity contribution in [2.75, 3.05) is 25.2 Å². The summed E-state index contributed by atoms with van der Waals surface area (Å²) < 4.78 is 5.24. The first-order valence-electron chi connectivity index (χ1n) is 5.64. The molecule has 0 aliphatic carbocycles. The average Bonchev–Trinajstić information content (AvgIpc) is 2.26. The molecule has 1 fully saturated rings. The molecule has 1 heterocycles. The van der Waals surface area contributed by atoms with Gasteiger partial charge < -0.3 is 15.2 Å². The van der Waals surface area contributed by atoms with Crippen LogP contribution in [0.25, 0.3) is 0 Å². The number of hydrogen-bond donors (Lipinski definition) is 2. The molecule has 0 bridgehead atoms. The van der Waals surface area contributed by atoms with E-state index in [4.69, 9.17) is 4.74 Å². The summed E-state index contributed by atoms with van der Waals surface area (Å²) in [7, 11) is 1.72. The van der Waals surface area contributed by atoms with Gasteiger partial charge in [0.2, 0.25) is 0 Å². The minimum Gasteiger partial charge on any atom is -0.389 e. The normalized spacial score (nSPS) is 24.8. The van der Waals surface area contributed by atoms with Crippen molar-refractivity contribution in [3.8, 4) is 0 Å². The summed E-state index contributed by atoms with van der Waals surface area (Å²) in [5.41, 5.74) is -0.493. The van der Waals surface area contributed by atoms with Crippen molar-refractivity contribution in [3.63, 3.8) is 0 Å². The monoisotopic (exact) mass is 233 g/mol. The fourth-order valence-corrected chi connectivity index (χ4v) is 2.90. The molecule has 2 atom stereocenters. The number of nitrogens with one attached hydrogen (secondary N) is 1. The van der Waals surface area contributed by atoms with E-state index in [1.165, 1.54) is 0 Å². The summed E-state index contributed by atoms with van der Waals surface area (Å²) in [5.74, 6) is 2.15. The van der Waals surface area contributed by atoms with Crippen LogP contribution < -0.4 is 5.32 Å². The first-order valence-corrected chi connectivity index (χ1v) is 6.79. The number of methoxy groups -OCH3 is 1. The smallest absolute Gasteiger partial charge is 0.0787 e. The van der Waals surface area contributed by atoms with E-state index in [0.717, 1.165) is 24.3 Å². The van der Waals surface area contributed by atoms with E-state index in [2.05, 4.69) is 12.2 Å². The molecule has 1 aliphatic rings. The molecule has 0 amide bonds. The number of thioether (sulfide) groups is 1. The SMILES string of the molecule is COC(C)C(C)NCC1(O)CCSCC1. The summed E-state index contributed by atoms with van der Waals surface area (Å²) in [6.07, 6.45) is 1.99. The second-order valence-corrected chi connectivity index (χ2v) is 5.67. The van der Waals surface area contributed by atoms with Crippen molar-refractivity contribution >= 4 is 11.8 Å². The molecule has 0 spiro atoms. The Morgan fingerprint density at radius 1 is 1.40 bits per heavy atom. The van der Waals surface area contributed by atoms with Crippen molar-refractivity contribution in [1.82, 2.24) is 5.32 Å². The van der Waals surface area contributed by atoms with E-state index < -0.39 is 5.60 Å². The molecular formula is C11H23NO2S. The quantitative estimate of drug-likeness (QED) is 0.750. The van der Waals surface area contributed by atoms with Crippen LogP contribution >= 0.6 is 11.8 Å². The molecule has 3 nitrogen and oxygen atoms in total. The molecular weight excluding hydrogens is 210 g/mol. The first-order chi connectivity index (χ1) is 7.07. The van der Waals surface area contributed by atoms with Gasteiger partial charge in [-0.15, -0.1) is 0 Å². The van der Waals surface area contributed by atoms with Crippen molar-refractivity contribution < 1.29 is 9.84 Å². The van der Waals surface area contributed by atoms with Crippen molar-refractivity contribution in [1.29, 1.82) is 0 Å². The lowest BCUT2D eigenvalue weighted by molar-refractivity contribution is 0.0200. The van der Waals surface area contributed by atoms with Crippen molar-refractivity contribution in [2.24, 2.45) is 0 Å². The van der Waals surface area contributed by atoms with Gasteiger partial charge in [-0.25, -0.2) is 0 Å². The molecule has 0 radical (unpaired) electrons. The van der Waals surface area contributed by atoms with Crippen molar-refractivity contribution in [2.45, 2.75) is 44.4 Å². The Morgan fingerprint density at radius 3 is 2.53 bits per heavy atom. The third kappa shape index (κ3) is 4.31. The zero-order valence-corrected chi connectivity index (χ0v) is 10.8. The lowest BCUT2D eigenvalue weighted by Crippen LogP contribution is -2.48. The van der Waals surface area contributed by atoms with E-state index in [0.29, 0.717) is 6.54 Å². The molecule has 1 saturated heterocycles. The van der Waals surface area contributed by atoms with Gasteiger partial charge in [0.25, 0.3) is 0 Å². The molecule has 0 aromatic carbocycles. The summed E-state index contributed by atoms with van der Waals surface area (Å²) in [4.78, 5) is 0. The zero-order valence-electron chi connectivity index (χ0n) is 9.95. The van der Waals surface area contributed by atoms with Crippen LogP contribution in [-0.4, -0.2) is 48.0 Å². The maximum atomic E-state index is 10.3. The maximum Gasteiger partial charge on any atom is 0.0787 e. The Bertz CT molecular complexity index is 183. The molecule has 15 heavy (non-hydrogen) atoms. The molecule has 2 N–H and O–H groups in total. The van der Waals surface area contributed by atoms with Gasteiger partial charge in [0.1, 0.15) is 0 Å². The van der Waals surface area contributed by atoms with E-state index in [9.17, 15) is 5.11 Å². The number of hydrogen-bond acceptors (Lipinski definition) is 4. The number of ether oxygens (including phenoxy) is 1. The Kier molecular flexibility index (Phi) is 5.39. The van der Waals surface area contributed by atoms with E-state index in [1.807, 2.05) is 18.7 Å². The lowest BCUT2D eigenvalue weighted by Gasteiger charge is -2.33. The van der Waals surface area contributed by atoms with Crippen LogP contribution in [0, 0.1) is 0 Å². The number of rotatable bonds is 5. The highest BCUT2D eigenvalue weighted by Crippen LogP contribution is 2.26. The maximum absolute atomic E-state index is 10.3. The molecule has 1 aliphatic heterocycles. The molecule has 0 saturated carbocycles. The Balaban J connectivity index is 2.28. The van der Waals surface area contributed by atoms with E-state index >= 15 is 0 Å². The highest BCUT2D eigenvalue weighted by molar-refractivity contribution is 7.99. The Morgan fingerprint density at radius 2 is 2.00 bits per heavy atom. The fourth-order valence-electron chi connectivity index (χ4n) is 1.65. The predicted molar refractivity (Wildman–Crippen MR) is 65.4 cm³/mol. The standard InChI is InChI=1S/C11H23NO2S/c1-9(10(2)14-3)12-8-11(13)4-6-15-7-5-11/h9-10,12-13H,4-8H2,1-3H3. The topological polar surface area (TPSA) is 41.5 Å². The van der Waals surface area contributed by atoms with Crippen LogP contribution in [0.4, 0.5) is 0 Å². The third-order valence-electron chi connectivity index (χ3n) is 3.25. The molecule has 0 aromatic rings. The average molecular weight is 233 g/mol. The Labute approximate surface area is 97.0 Å². The van der Waals surface area contributed by atoms with E-state index in [1.54, 1.807) is 7.11 Å². The predicted octanol–water partition coefficient (Wildman–Crippen LogP) is 1.26. The molecule has 0 aromatic heterocycles. The van der Waals surface area contributed by atoms with Gasteiger partial charge in [0, 0.05) is 19.7 Å².